The Morgan fingerprint density at radius 3 is 2.79 bits per heavy atom. The summed E-state index contributed by atoms with van der Waals surface area (Å²) < 4.78 is 5.58. The highest BCUT2D eigenvalue weighted by Crippen LogP contribution is 2.28. The molecule has 4 heteroatoms. The van der Waals surface area contributed by atoms with Crippen LogP contribution in [-0.4, -0.2) is 49.0 Å². The molecule has 2 rings (SSSR count). The van der Waals surface area contributed by atoms with E-state index in [1.165, 1.54) is 12.8 Å². The van der Waals surface area contributed by atoms with Crippen LogP contribution in [0.1, 0.15) is 34.6 Å². The third-order valence-electron chi connectivity index (χ3n) is 3.53. The van der Waals surface area contributed by atoms with Gasteiger partial charge in [-0.15, -0.1) is 0 Å². The maximum atomic E-state index is 12.1. The van der Waals surface area contributed by atoms with Crippen LogP contribution in [0.15, 0.2) is 6.07 Å². The van der Waals surface area contributed by atoms with Crippen LogP contribution < -0.4 is 0 Å². The number of carbonyl (C=O) groups excluding carboxylic acids is 1. The van der Waals surface area contributed by atoms with Gasteiger partial charge in [0.25, 0.3) is 0 Å². The van der Waals surface area contributed by atoms with Gasteiger partial charge in [0.2, 0.25) is 0 Å². The fraction of sp³-hybridized carbons (Fsp3) is 0.667. The predicted molar refractivity (Wildman–Crippen MR) is 75.6 cm³/mol. The van der Waals surface area contributed by atoms with Crippen LogP contribution in [0.4, 0.5) is 0 Å². The lowest BCUT2D eigenvalue weighted by Gasteiger charge is -2.15. The predicted octanol–water partition coefficient (Wildman–Crippen LogP) is 2.17. The van der Waals surface area contributed by atoms with E-state index in [4.69, 9.17) is 4.74 Å². The molecule has 0 unspecified atom stereocenters. The molecule has 0 radical (unpaired) electrons. The molecule has 0 bridgehead atoms. The summed E-state index contributed by atoms with van der Waals surface area (Å²) in [5, 5.41) is 0. The first-order valence-corrected chi connectivity index (χ1v) is 7.02. The number of nitrogens with one attached hydrogen (secondary N) is 1. The van der Waals surface area contributed by atoms with E-state index in [9.17, 15) is 4.79 Å². The standard InChI is InChI=1S/C15H24N2O2/c1-11-8-14(12(2)16-11)15(18)9-17(3)6-7-19-10-13-4-5-13/h8,13,16H,4-7,9-10H2,1-3H3. The quantitative estimate of drug-likeness (QED) is 0.578. The number of ketones is 1. The molecular weight excluding hydrogens is 240 g/mol. The Balaban J connectivity index is 1.69. The van der Waals surface area contributed by atoms with Gasteiger partial charge in [0.1, 0.15) is 0 Å². The lowest BCUT2D eigenvalue weighted by atomic mass is 10.1. The zero-order valence-electron chi connectivity index (χ0n) is 12.2. The number of hydrogen-bond donors (Lipinski definition) is 1. The van der Waals surface area contributed by atoms with E-state index in [-0.39, 0.29) is 5.78 Å². The van der Waals surface area contributed by atoms with Crippen LogP contribution in [0.25, 0.3) is 0 Å². The SMILES string of the molecule is Cc1cc(C(=O)CN(C)CCOCC2CC2)c(C)[nH]1. The number of carbonyl (C=O) groups is 1. The van der Waals surface area contributed by atoms with E-state index in [2.05, 4.69) is 4.98 Å². The molecule has 1 aliphatic carbocycles. The third-order valence-corrected chi connectivity index (χ3v) is 3.53. The number of aromatic nitrogens is 1. The summed E-state index contributed by atoms with van der Waals surface area (Å²) in [6.45, 7) is 6.77. The number of aromatic amines is 1. The van der Waals surface area contributed by atoms with Crippen LogP contribution in [0.5, 0.6) is 0 Å². The Kier molecular flexibility index (Phi) is 4.77. The van der Waals surface area contributed by atoms with Crippen molar-refractivity contribution in [3.05, 3.63) is 23.0 Å². The zero-order valence-corrected chi connectivity index (χ0v) is 12.2. The molecule has 1 N–H and O–H groups in total. The average Bonchev–Trinajstić information content (AvgIpc) is 3.09. The Morgan fingerprint density at radius 1 is 1.47 bits per heavy atom. The molecular formula is C15H24N2O2. The lowest BCUT2D eigenvalue weighted by Crippen LogP contribution is -2.29. The molecule has 0 atom stereocenters. The van der Waals surface area contributed by atoms with Crippen molar-refractivity contribution in [1.29, 1.82) is 0 Å². The molecule has 1 saturated carbocycles. The summed E-state index contributed by atoms with van der Waals surface area (Å²) in [5.41, 5.74) is 2.81. The number of H-pyrrole nitrogens is 1. The first-order valence-electron chi connectivity index (χ1n) is 7.02. The molecule has 19 heavy (non-hydrogen) atoms. The summed E-state index contributed by atoms with van der Waals surface area (Å²) in [5.74, 6) is 0.976. The molecule has 1 heterocycles. The summed E-state index contributed by atoms with van der Waals surface area (Å²) in [6, 6.07) is 1.93. The molecule has 0 spiro atoms. The van der Waals surface area contributed by atoms with Gasteiger partial charge >= 0.3 is 0 Å². The van der Waals surface area contributed by atoms with E-state index in [0.717, 1.165) is 36.0 Å². The number of hydrogen-bond acceptors (Lipinski definition) is 3. The highest BCUT2D eigenvalue weighted by molar-refractivity contribution is 5.98. The van der Waals surface area contributed by atoms with E-state index in [1.54, 1.807) is 0 Å². The maximum Gasteiger partial charge on any atom is 0.178 e. The van der Waals surface area contributed by atoms with Crippen molar-refractivity contribution in [2.75, 3.05) is 33.4 Å². The largest absolute Gasteiger partial charge is 0.380 e. The minimum Gasteiger partial charge on any atom is -0.380 e. The van der Waals surface area contributed by atoms with Crippen molar-refractivity contribution in [2.45, 2.75) is 26.7 Å². The van der Waals surface area contributed by atoms with Crippen molar-refractivity contribution in [3.8, 4) is 0 Å². The first kappa shape index (κ1) is 14.3. The Hall–Kier alpha value is -1.13. The van der Waals surface area contributed by atoms with E-state index in [1.807, 2.05) is 31.9 Å². The summed E-state index contributed by atoms with van der Waals surface area (Å²) in [7, 11) is 1.97. The molecule has 0 saturated heterocycles. The van der Waals surface area contributed by atoms with Gasteiger partial charge in [-0.2, -0.15) is 0 Å². The van der Waals surface area contributed by atoms with Gasteiger partial charge in [-0.25, -0.2) is 0 Å². The third kappa shape index (κ3) is 4.48. The molecule has 0 aromatic carbocycles. The normalized spacial score (nSPS) is 15.2. The summed E-state index contributed by atoms with van der Waals surface area (Å²) in [4.78, 5) is 17.3. The maximum absolute atomic E-state index is 12.1. The van der Waals surface area contributed by atoms with Crippen LogP contribution in [0.3, 0.4) is 0 Å². The summed E-state index contributed by atoms with van der Waals surface area (Å²) in [6.07, 6.45) is 2.64. The molecule has 0 amide bonds. The van der Waals surface area contributed by atoms with Gasteiger partial charge in [0.15, 0.2) is 5.78 Å². The average molecular weight is 264 g/mol. The van der Waals surface area contributed by atoms with Crippen LogP contribution in [0, 0.1) is 19.8 Å². The second kappa shape index (κ2) is 6.35. The van der Waals surface area contributed by atoms with Crippen molar-refractivity contribution < 1.29 is 9.53 Å². The first-order chi connectivity index (χ1) is 9.06. The Morgan fingerprint density at radius 2 is 2.21 bits per heavy atom. The van der Waals surface area contributed by atoms with Gasteiger partial charge in [-0.1, -0.05) is 0 Å². The molecule has 0 aliphatic heterocycles. The second-order valence-corrected chi connectivity index (χ2v) is 5.67. The molecule has 4 nitrogen and oxygen atoms in total. The Bertz CT molecular complexity index is 435. The number of rotatable bonds is 8. The zero-order chi connectivity index (χ0) is 13.8. The van der Waals surface area contributed by atoms with Gasteiger partial charge in [-0.05, 0) is 45.7 Å². The molecule has 1 aliphatic rings. The van der Waals surface area contributed by atoms with Crippen molar-refractivity contribution in [1.82, 2.24) is 9.88 Å². The number of nitrogens with zero attached hydrogens (tertiary/aromatic N) is 1. The number of aryl methyl sites for hydroxylation is 2. The highest BCUT2D eigenvalue weighted by Gasteiger charge is 2.21. The fourth-order valence-corrected chi connectivity index (χ4v) is 2.18. The molecule has 1 fully saturated rings. The monoisotopic (exact) mass is 264 g/mol. The van der Waals surface area contributed by atoms with Gasteiger partial charge in [0.05, 0.1) is 13.2 Å². The van der Waals surface area contributed by atoms with Crippen LogP contribution >= 0.6 is 0 Å². The van der Waals surface area contributed by atoms with Gasteiger partial charge < -0.3 is 9.72 Å². The van der Waals surface area contributed by atoms with E-state index < -0.39 is 0 Å². The van der Waals surface area contributed by atoms with Crippen molar-refractivity contribution in [2.24, 2.45) is 5.92 Å². The van der Waals surface area contributed by atoms with Crippen molar-refractivity contribution in [3.63, 3.8) is 0 Å². The van der Waals surface area contributed by atoms with E-state index in [0.29, 0.717) is 13.2 Å². The Labute approximate surface area is 115 Å². The van der Waals surface area contributed by atoms with Crippen molar-refractivity contribution >= 4 is 5.78 Å². The highest BCUT2D eigenvalue weighted by atomic mass is 16.5. The number of ether oxygens (including phenoxy) is 1. The number of Topliss-reactive ketones (excluding diaryl/α,β-unsaturated/α-hetero) is 1. The van der Waals surface area contributed by atoms with Crippen LogP contribution in [0.2, 0.25) is 0 Å². The minimum atomic E-state index is 0.173. The molecule has 1 aromatic rings. The van der Waals surface area contributed by atoms with Gasteiger partial charge in [0, 0.05) is 30.1 Å². The molecule has 106 valence electrons. The molecule has 1 aromatic heterocycles. The number of likely N-dealkylation sites (N-methyl/N-ethyl adjacent to an activating group) is 1. The fourth-order valence-electron chi connectivity index (χ4n) is 2.18. The lowest BCUT2D eigenvalue weighted by molar-refractivity contribution is 0.0860. The summed E-state index contributed by atoms with van der Waals surface area (Å²) >= 11 is 0. The second-order valence-electron chi connectivity index (χ2n) is 5.67. The topological polar surface area (TPSA) is 45.3 Å². The minimum absolute atomic E-state index is 0.173. The van der Waals surface area contributed by atoms with E-state index >= 15 is 0 Å². The smallest absolute Gasteiger partial charge is 0.178 e. The van der Waals surface area contributed by atoms with Crippen LogP contribution in [-0.2, 0) is 4.74 Å². The van der Waals surface area contributed by atoms with Gasteiger partial charge in [-0.3, -0.25) is 9.69 Å².